The van der Waals surface area contributed by atoms with Gasteiger partial charge in [-0.05, 0) is 54.8 Å². The quantitative estimate of drug-likeness (QED) is 0.362. The first kappa shape index (κ1) is 23.2. The number of nitrogens with zero attached hydrogens (tertiary/aromatic N) is 4. The van der Waals surface area contributed by atoms with Gasteiger partial charge >= 0.3 is 0 Å². The third kappa shape index (κ3) is 4.85. The van der Waals surface area contributed by atoms with Crippen molar-refractivity contribution in [2.24, 2.45) is 0 Å². The lowest BCUT2D eigenvalue weighted by Crippen LogP contribution is -2.07. The largest absolute Gasteiger partial charge is 0.470 e. The number of nitrogen functional groups attached to an aromatic ring is 1. The average Bonchev–Trinajstić information content (AvgIpc) is 3.26. The van der Waals surface area contributed by atoms with Crippen molar-refractivity contribution in [3.8, 4) is 28.3 Å². The molecule has 1 aromatic carbocycles. The molecule has 3 aromatic heterocycles. The van der Waals surface area contributed by atoms with Crippen LogP contribution in [0.25, 0.3) is 22.4 Å². The zero-order valence-electron chi connectivity index (χ0n) is 18.7. The van der Waals surface area contributed by atoms with Crippen LogP contribution in [0.5, 0.6) is 5.88 Å². The minimum absolute atomic E-state index is 0.00208. The summed E-state index contributed by atoms with van der Waals surface area (Å²) in [5, 5.41) is 3.99. The van der Waals surface area contributed by atoms with Gasteiger partial charge < -0.3 is 15.0 Å². The summed E-state index contributed by atoms with van der Waals surface area (Å²) in [6.07, 6.45) is -1.24. The zero-order valence-corrected chi connectivity index (χ0v) is 18.7. The van der Waals surface area contributed by atoms with Crippen LogP contribution in [0.3, 0.4) is 0 Å². The third-order valence-electron chi connectivity index (χ3n) is 5.14. The molecule has 0 saturated heterocycles. The molecular formula is C24H22F3N5O2. The Morgan fingerprint density at radius 1 is 1.03 bits per heavy atom. The van der Waals surface area contributed by atoms with Crippen LogP contribution in [0.4, 0.5) is 19.1 Å². The molecule has 3 heterocycles. The first-order chi connectivity index (χ1) is 16.2. The molecule has 7 nitrogen and oxygen atoms in total. The molecule has 0 aliphatic carbocycles. The van der Waals surface area contributed by atoms with E-state index in [1.54, 1.807) is 19.3 Å². The van der Waals surface area contributed by atoms with Crippen molar-refractivity contribution in [1.29, 1.82) is 0 Å². The predicted molar refractivity (Wildman–Crippen MR) is 120 cm³/mol. The molecular weight excluding hydrogens is 447 g/mol. The monoisotopic (exact) mass is 469 g/mol. The van der Waals surface area contributed by atoms with Gasteiger partial charge in [0.1, 0.15) is 30.1 Å². The van der Waals surface area contributed by atoms with Gasteiger partial charge in [0.25, 0.3) is 6.43 Å². The summed E-state index contributed by atoms with van der Waals surface area (Å²) in [5.74, 6) is -0.320. The SMILES string of the molecule is Cc1cc(-c2c(OCc3nocc3C(C)C)nc(N)nc2-c2ccc(F)cc2)cc(C(F)F)n1. The molecule has 2 N–H and O–H groups in total. The highest BCUT2D eigenvalue weighted by molar-refractivity contribution is 5.85. The fourth-order valence-electron chi connectivity index (χ4n) is 3.57. The second kappa shape index (κ2) is 9.50. The number of rotatable bonds is 7. The van der Waals surface area contributed by atoms with E-state index in [1.165, 1.54) is 30.3 Å². The molecule has 0 unspecified atom stereocenters. The molecule has 4 aromatic rings. The summed E-state index contributed by atoms with van der Waals surface area (Å²) in [6.45, 7) is 5.59. The maximum Gasteiger partial charge on any atom is 0.280 e. The number of halogens is 3. The van der Waals surface area contributed by atoms with E-state index >= 15 is 0 Å². The lowest BCUT2D eigenvalue weighted by molar-refractivity contribution is 0.146. The number of aryl methyl sites for hydroxylation is 1. The number of alkyl halides is 2. The molecule has 4 rings (SSSR count). The lowest BCUT2D eigenvalue weighted by atomic mass is 9.99. The number of aromatic nitrogens is 4. The van der Waals surface area contributed by atoms with Gasteiger partial charge in [-0.25, -0.2) is 18.2 Å². The van der Waals surface area contributed by atoms with Gasteiger partial charge in [0.05, 0.1) is 11.3 Å². The van der Waals surface area contributed by atoms with Crippen LogP contribution in [0.15, 0.2) is 47.2 Å². The molecule has 0 fully saturated rings. The van der Waals surface area contributed by atoms with E-state index in [2.05, 4.69) is 20.1 Å². The molecule has 34 heavy (non-hydrogen) atoms. The normalized spacial score (nSPS) is 11.4. The van der Waals surface area contributed by atoms with Crippen molar-refractivity contribution in [2.75, 3.05) is 5.73 Å². The Balaban J connectivity index is 1.89. The maximum absolute atomic E-state index is 13.6. The van der Waals surface area contributed by atoms with Gasteiger partial charge in [-0.3, -0.25) is 4.98 Å². The number of anilines is 1. The smallest absolute Gasteiger partial charge is 0.280 e. The molecule has 0 saturated carbocycles. The Morgan fingerprint density at radius 2 is 1.76 bits per heavy atom. The fourth-order valence-corrected chi connectivity index (χ4v) is 3.57. The number of benzene rings is 1. The predicted octanol–water partition coefficient (Wildman–Crippen LogP) is 5.86. The first-order valence-electron chi connectivity index (χ1n) is 10.5. The summed E-state index contributed by atoms with van der Waals surface area (Å²) in [5.41, 5.74) is 8.87. The van der Waals surface area contributed by atoms with Gasteiger partial charge in [-0.15, -0.1) is 0 Å². The van der Waals surface area contributed by atoms with E-state index in [0.717, 1.165) is 5.56 Å². The Hall–Kier alpha value is -3.95. The van der Waals surface area contributed by atoms with E-state index in [-0.39, 0.29) is 24.4 Å². The Kier molecular flexibility index (Phi) is 6.49. The first-order valence-corrected chi connectivity index (χ1v) is 10.5. The van der Waals surface area contributed by atoms with Gasteiger partial charge in [0.2, 0.25) is 11.8 Å². The van der Waals surface area contributed by atoms with Crippen LogP contribution in [0, 0.1) is 12.7 Å². The molecule has 0 aliphatic heterocycles. The lowest BCUT2D eigenvalue weighted by Gasteiger charge is -2.16. The highest BCUT2D eigenvalue weighted by Gasteiger charge is 2.22. The van der Waals surface area contributed by atoms with Gasteiger partial charge in [-0.1, -0.05) is 19.0 Å². The Labute approximate surface area is 193 Å². The van der Waals surface area contributed by atoms with Crippen molar-refractivity contribution in [3.63, 3.8) is 0 Å². The van der Waals surface area contributed by atoms with Gasteiger partial charge in [0, 0.05) is 16.8 Å². The number of ether oxygens (including phenoxy) is 1. The third-order valence-corrected chi connectivity index (χ3v) is 5.14. The van der Waals surface area contributed by atoms with E-state index in [4.69, 9.17) is 15.0 Å². The van der Waals surface area contributed by atoms with Crippen molar-refractivity contribution in [2.45, 2.75) is 39.7 Å². The van der Waals surface area contributed by atoms with Crippen LogP contribution in [-0.2, 0) is 6.61 Å². The minimum Gasteiger partial charge on any atom is -0.470 e. The number of hydrogen-bond acceptors (Lipinski definition) is 7. The van der Waals surface area contributed by atoms with Crippen LogP contribution in [0.1, 0.15) is 48.8 Å². The van der Waals surface area contributed by atoms with E-state index in [1.807, 2.05) is 13.8 Å². The molecule has 0 bridgehead atoms. The van der Waals surface area contributed by atoms with E-state index in [9.17, 15) is 13.2 Å². The zero-order chi connectivity index (χ0) is 24.4. The topological polar surface area (TPSA) is 100.0 Å². The molecule has 0 spiro atoms. The molecule has 0 aliphatic rings. The highest BCUT2D eigenvalue weighted by atomic mass is 19.3. The van der Waals surface area contributed by atoms with E-state index in [0.29, 0.717) is 33.8 Å². The van der Waals surface area contributed by atoms with Gasteiger partial charge in [-0.2, -0.15) is 4.98 Å². The minimum atomic E-state index is -2.78. The van der Waals surface area contributed by atoms with Gasteiger partial charge in [0.15, 0.2) is 0 Å². The number of pyridine rings is 1. The Bertz CT molecular complexity index is 1310. The molecule has 0 atom stereocenters. The fraction of sp³-hybridized carbons (Fsp3) is 0.250. The maximum atomic E-state index is 13.6. The molecule has 10 heteroatoms. The number of nitrogens with two attached hydrogens (primary N) is 1. The van der Waals surface area contributed by atoms with Crippen LogP contribution < -0.4 is 10.5 Å². The second-order valence-corrected chi connectivity index (χ2v) is 8.00. The van der Waals surface area contributed by atoms with Crippen molar-refractivity contribution < 1.29 is 22.4 Å². The average molecular weight is 469 g/mol. The van der Waals surface area contributed by atoms with Crippen molar-refractivity contribution in [3.05, 3.63) is 71.1 Å². The molecule has 0 radical (unpaired) electrons. The van der Waals surface area contributed by atoms with Crippen LogP contribution >= 0.6 is 0 Å². The molecule has 176 valence electrons. The van der Waals surface area contributed by atoms with E-state index < -0.39 is 17.9 Å². The molecule has 0 amide bonds. The van der Waals surface area contributed by atoms with Crippen LogP contribution in [0.2, 0.25) is 0 Å². The summed E-state index contributed by atoms with van der Waals surface area (Å²) in [6, 6.07) is 8.44. The van der Waals surface area contributed by atoms with Crippen molar-refractivity contribution in [1.82, 2.24) is 20.1 Å². The summed E-state index contributed by atoms with van der Waals surface area (Å²) >= 11 is 0. The Morgan fingerprint density at radius 3 is 2.44 bits per heavy atom. The summed E-state index contributed by atoms with van der Waals surface area (Å²) in [7, 11) is 0. The van der Waals surface area contributed by atoms with Crippen molar-refractivity contribution >= 4 is 5.95 Å². The number of hydrogen-bond donors (Lipinski definition) is 1. The summed E-state index contributed by atoms with van der Waals surface area (Å²) < 4.78 is 51.7. The van der Waals surface area contributed by atoms with Crippen LogP contribution in [-0.4, -0.2) is 20.1 Å². The second-order valence-electron chi connectivity index (χ2n) is 8.00. The summed E-state index contributed by atoms with van der Waals surface area (Å²) in [4.78, 5) is 12.5. The standard InChI is InChI=1S/C24H22F3N5O2/c1-12(2)17-10-34-32-19(17)11-33-23-20(15-8-13(3)29-18(9-15)22(26)27)21(30-24(28)31-23)14-4-6-16(25)7-5-14/h4-10,12,22H,11H2,1-3H3,(H2,28,30,31). The highest BCUT2D eigenvalue weighted by Crippen LogP contribution is 2.39.